The smallest absolute Gasteiger partial charge is 0.457 e. The molecule has 0 aliphatic rings. The maximum absolute atomic E-state index is 12.6. The second-order valence-electron chi connectivity index (χ2n) is 15.7. The van der Waals surface area contributed by atoms with Crippen molar-refractivity contribution in [3.8, 4) is 0 Å². The molecule has 52 heavy (non-hydrogen) atoms. The van der Waals surface area contributed by atoms with Gasteiger partial charge in [-0.3, -0.25) is 13.8 Å². The maximum Gasteiger partial charge on any atom is 0.472 e. The number of unbranched alkanes of at least 4 members (excludes halogenated alkanes) is 22. The molecule has 0 heterocycles. The summed E-state index contributed by atoms with van der Waals surface area (Å²) < 4.78 is 34.9. The zero-order chi connectivity index (χ0) is 38.4. The van der Waals surface area contributed by atoms with Crippen LogP contribution in [0.25, 0.3) is 0 Å². The molecule has 0 fully saturated rings. The SMILES string of the molecule is CCC/C=C\CCCCCCCC(=O)OC(COCCCCCCCCCCCC/C=C\CCCCCCCC)COP(=O)(O)OCC[N+](C)(C)C. The van der Waals surface area contributed by atoms with Crippen molar-refractivity contribution < 1.29 is 37.3 Å². The molecule has 0 aliphatic heterocycles. The molecule has 0 aliphatic carbocycles. The number of quaternary nitrogens is 1. The molecule has 308 valence electrons. The van der Waals surface area contributed by atoms with Crippen LogP contribution in [0.2, 0.25) is 0 Å². The molecule has 1 N–H and O–H groups in total. The Morgan fingerprint density at radius 2 is 1.04 bits per heavy atom. The molecular weight excluding hydrogens is 673 g/mol. The first-order valence-corrected chi connectivity index (χ1v) is 23.1. The highest BCUT2D eigenvalue weighted by Gasteiger charge is 2.26. The van der Waals surface area contributed by atoms with Gasteiger partial charge >= 0.3 is 13.8 Å². The second-order valence-corrected chi connectivity index (χ2v) is 17.2. The fourth-order valence-corrected chi connectivity index (χ4v) is 6.58. The van der Waals surface area contributed by atoms with E-state index in [1.54, 1.807) is 0 Å². The van der Waals surface area contributed by atoms with Gasteiger partial charge in [-0.05, 0) is 57.8 Å². The van der Waals surface area contributed by atoms with E-state index in [1.165, 1.54) is 116 Å². The minimum absolute atomic E-state index is 0.0878. The van der Waals surface area contributed by atoms with E-state index >= 15 is 0 Å². The van der Waals surface area contributed by atoms with Gasteiger partial charge in [0.05, 0.1) is 34.4 Å². The lowest BCUT2D eigenvalue weighted by molar-refractivity contribution is -0.870. The summed E-state index contributed by atoms with van der Waals surface area (Å²) in [6.45, 7) is 5.56. The van der Waals surface area contributed by atoms with Crippen molar-refractivity contribution in [2.45, 2.75) is 193 Å². The van der Waals surface area contributed by atoms with Crippen LogP contribution in [0.15, 0.2) is 24.3 Å². The first-order valence-electron chi connectivity index (χ1n) is 21.6. The molecule has 0 aromatic heterocycles. The van der Waals surface area contributed by atoms with Gasteiger partial charge in [0.15, 0.2) is 0 Å². The molecule has 8 nitrogen and oxygen atoms in total. The zero-order valence-electron chi connectivity index (χ0n) is 34.8. The first kappa shape index (κ1) is 51.0. The van der Waals surface area contributed by atoms with Crippen molar-refractivity contribution in [2.75, 3.05) is 54.1 Å². The Bertz CT molecular complexity index is 889. The molecule has 0 aromatic rings. The van der Waals surface area contributed by atoms with Crippen LogP contribution in [0.5, 0.6) is 0 Å². The summed E-state index contributed by atoms with van der Waals surface area (Å²) in [5, 5.41) is 0. The predicted molar refractivity (Wildman–Crippen MR) is 220 cm³/mol. The van der Waals surface area contributed by atoms with Gasteiger partial charge in [0.1, 0.15) is 19.3 Å². The van der Waals surface area contributed by atoms with Crippen LogP contribution >= 0.6 is 7.82 Å². The predicted octanol–water partition coefficient (Wildman–Crippen LogP) is 12.4. The number of rotatable bonds is 40. The molecule has 0 saturated heterocycles. The van der Waals surface area contributed by atoms with E-state index in [-0.39, 0.29) is 25.8 Å². The van der Waals surface area contributed by atoms with Crippen LogP contribution in [0.4, 0.5) is 0 Å². The highest BCUT2D eigenvalue weighted by molar-refractivity contribution is 7.47. The van der Waals surface area contributed by atoms with Crippen LogP contribution in [0, 0.1) is 0 Å². The van der Waals surface area contributed by atoms with Crippen molar-refractivity contribution in [1.82, 2.24) is 0 Å². The molecule has 9 heteroatoms. The summed E-state index contributed by atoms with van der Waals surface area (Å²) in [5.74, 6) is -0.325. The lowest BCUT2D eigenvalue weighted by atomic mass is 10.1. The van der Waals surface area contributed by atoms with Gasteiger partial charge in [-0.2, -0.15) is 0 Å². The molecular formula is C43H85NO7P+. The minimum Gasteiger partial charge on any atom is -0.457 e. The Morgan fingerprint density at radius 3 is 1.54 bits per heavy atom. The molecule has 2 atom stereocenters. The Balaban J connectivity index is 4.14. The lowest BCUT2D eigenvalue weighted by Gasteiger charge is -2.24. The standard InChI is InChI=1S/C43H84NO7P/c1-6-8-10-12-14-16-18-19-20-21-22-23-24-25-26-27-29-31-33-35-38-48-40-42(41-50-52(46,47)49-39-37-44(3,4)5)51-43(45)36-34-32-30-28-17-15-13-11-9-7-2/h11,13,19-20,42H,6-10,12,14-18,21-41H2,1-5H3/p+1/b13-11-,20-19-. The maximum atomic E-state index is 12.6. The van der Waals surface area contributed by atoms with Crippen molar-refractivity contribution in [2.24, 2.45) is 0 Å². The minimum atomic E-state index is -4.27. The Kier molecular flexibility index (Phi) is 36.2. The monoisotopic (exact) mass is 759 g/mol. The number of carbonyl (C=O) groups is 1. The summed E-state index contributed by atoms with van der Waals surface area (Å²) in [6.07, 6.45) is 40.7. The van der Waals surface area contributed by atoms with Crippen LogP contribution in [0.1, 0.15) is 187 Å². The fraction of sp³-hybridized carbons (Fsp3) is 0.884. The summed E-state index contributed by atoms with van der Waals surface area (Å²) in [6, 6.07) is 0. The summed E-state index contributed by atoms with van der Waals surface area (Å²) >= 11 is 0. The van der Waals surface area contributed by atoms with Crippen molar-refractivity contribution in [3.63, 3.8) is 0 Å². The highest BCUT2D eigenvalue weighted by Crippen LogP contribution is 2.43. The number of esters is 1. The van der Waals surface area contributed by atoms with E-state index in [4.69, 9.17) is 18.5 Å². The Morgan fingerprint density at radius 1 is 0.577 bits per heavy atom. The van der Waals surface area contributed by atoms with E-state index in [9.17, 15) is 14.3 Å². The topological polar surface area (TPSA) is 91.3 Å². The van der Waals surface area contributed by atoms with Gasteiger partial charge in [-0.1, -0.05) is 147 Å². The molecule has 0 aromatic carbocycles. The number of carbonyl (C=O) groups excluding carboxylic acids is 1. The molecule has 0 rings (SSSR count). The third-order valence-corrected chi connectivity index (χ3v) is 10.2. The zero-order valence-corrected chi connectivity index (χ0v) is 35.7. The van der Waals surface area contributed by atoms with Crippen LogP contribution in [0.3, 0.4) is 0 Å². The van der Waals surface area contributed by atoms with Crippen LogP contribution in [-0.4, -0.2) is 75.6 Å². The normalized spacial score (nSPS) is 14.0. The average molecular weight is 759 g/mol. The van der Waals surface area contributed by atoms with Gasteiger partial charge in [0.25, 0.3) is 0 Å². The molecule has 0 amide bonds. The van der Waals surface area contributed by atoms with E-state index < -0.39 is 13.9 Å². The number of phosphoric acid groups is 1. The average Bonchev–Trinajstić information content (AvgIpc) is 3.09. The van der Waals surface area contributed by atoms with Crippen LogP contribution < -0.4 is 0 Å². The van der Waals surface area contributed by atoms with Gasteiger partial charge in [-0.15, -0.1) is 0 Å². The number of ether oxygens (including phenoxy) is 2. The largest absolute Gasteiger partial charge is 0.472 e. The summed E-state index contributed by atoms with van der Waals surface area (Å²) in [7, 11) is 1.66. The Labute approximate surface area is 322 Å². The number of allylic oxidation sites excluding steroid dienone is 4. The lowest BCUT2D eigenvalue weighted by Crippen LogP contribution is -2.37. The van der Waals surface area contributed by atoms with E-state index in [1.807, 2.05) is 21.1 Å². The van der Waals surface area contributed by atoms with Crippen molar-refractivity contribution in [1.29, 1.82) is 0 Å². The van der Waals surface area contributed by atoms with Crippen molar-refractivity contribution in [3.05, 3.63) is 24.3 Å². The molecule has 0 radical (unpaired) electrons. The number of likely N-dealkylation sites (N-methyl/N-ethyl adjacent to an activating group) is 1. The fourth-order valence-electron chi connectivity index (χ4n) is 5.84. The van der Waals surface area contributed by atoms with Gasteiger partial charge in [0, 0.05) is 13.0 Å². The third kappa shape index (κ3) is 40.2. The molecule has 0 spiro atoms. The van der Waals surface area contributed by atoms with E-state index in [2.05, 4.69) is 38.2 Å². The first-order chi connectivity index (χ1) is 25.1. The number of hydrogen-bond donors (Lipinski definition) is 1. The summed E-state index contributed by atoms with van der Waals surface area (Å²) in [5.41, 5.74) is 0. The molecule has 2 unspecified atom stereocenters. The number of hydrogen-bond acceptors (Lipinski definition) is 6. The van der Waals surface area contributed by atoms with Gasteiger partial charge in [0.2, 0.25) is 0 Å². The highest BCUT2D eigenvalue weighted by atomic mass is 31.2. The molecule has 0 bridgehead atoms. The van der Waals surface area contributed by atoms with E-state index in [0.29, 0.717) is 24.1 Å². The van der Waals surface area contributed by atoms with Gasteiger partial charge < -0.3 is 18.9 Å². The number of nitrogens with zero attached hydrogens (tertiary/aromatic N) is 1. The van der Waals surface area contributed by atoms with Crippen LogP contribution in [-0.2, 0) is 27.9 Å². The summed E-state index contributed by atoms with van der Waals surface area (Å²) in [4.78, 5) is 22.8. The quantitative estimate of drug-likeness (QED) is 0.0219. The van der Waals surface area contributed by atoms with Gasteiger partial charge in [-0.25, -0.2) is 4.57 Å². The van der Waals surface area contributed by atoms with Crippen molar-refractivity contribution >= 4 is 13.8 Å². The van der Waals surface area contributed by atoms with E-state index in [0.717, 1.165) is 51.4 Å². The second kappa shape index (κ2) is 36.9. The molecule has 0 saturated carbocycles. The number of phosphoric ester groups is 1. The Hall–Kier alpha value is -1.02. The third-order valence-electron chi connectivity index (χ3n) is 9.22.